The minimum Gasteiger partial charge on any atom is -0.0616 e. The number of hydrogen-bond acceptors (Lipinski definition) is 0. The van der Waals surface area contributed by atoms with Gasteiger partial charge in [0.1, 0.15) is 0 Å². The fourth-order valence-electron chi connectivity index (χ4n) is 3.43. The molecule has 0 atom stereocenters. The predicted octanol–water partition coefficient (Wildman–Crippen LogP) is 6.55. The summed E-state index contributed by atoms with van der Waals surface area (Å²) in [5, 5.41) is 7.49. The molecule has 5 aromatic carbocycles. The van der Waals surface area contributed by atoms with Crippen LogP contribution in [0.15, 0.2) is 97.1 Å². The number of hydrogen-bond donors (Lipinski definition) is 0. The van der Waals surface area contributed by atoms with Crippen molar-refractivity contribution >= 4 is 32.3 Å². The standard InChI is InChI=1S/C26H16/c1-2-6-22-15-19(11-13-21(22)5-1)9-10-20-12-14-25-17-23-7-3-4-8-24(23)18-26(25)16-20/h1-8,11-18H. The van der Waals surface area contributed by atoms with Gasteiger partial charge in [-0.2, -0.15) is 0 Å². The highest BCUT2D eigenvalue weighted by Gasteiger charge is 1.99. The molecule has 0 amide bonds. The van der Waals surface area contributed by atoms with E-state index in [2.05, 4.69) is 109 Å². The summed E-state index contributed by atoms with van der Waals surface area (Å²) in [7, 11) is 0. The van der Waals surface area contributed by atoms with E-state index < -0.39 is 0 Å². The van der Waals surface area contributed by atoms with Crippen LogP contribution in [0.1, 0.15) is 11.1 Å². The zero-order valence-corrected chi connectivity index (χ0v) is 14.2. The van der Waals surface area contributed by atoms with Crippen LogP contribution in [0.4, 0.5) is 0 Å². The molecule has 0 fully saturated rings. The van der Waals surface area contributed by atoms with Crippen LogP contribution in [0, 0.1) is 11.8 Å². The average molecular weight is 328 g/mol. The molecule has 5 aromatic rings. The molecule has 0 aliphatic carbocycles. The molecule has 0 radical (unpaired) electrons. The normalized spacial score (nSPS) is 10.8. The highest BCUT2D eigenvalue weighted by molar-refractivity contribution is 5.98. The zero-order valence-electron chi connectivity index (χ0n) is 14.2. The van der Waals surface area contributed by atoms with Gasteiger partial charge in [0.2, 0.25) is 0 Å². The van der Waals surface area contributed by atoms with E-state index in [9.17, 15) is 0 Å². The van der Waals surface area contributed by atoms with Gasteiger partial charge in [0, 0.05) is 11.1 Å². The smallest absolute Gasteiger partial charge is 0.0255 e. The molecule has 5 rings (SSSR count). The maximum atomic E-state index is 3.32. The molecular weight excluding hydrogens is 312 g/mol. The third-order valence-corrected chi connectivity index (χ3v) is 4.81. The van der Waals surface area contributed by atoms with E-state index in [0.717, 1.165) is 11.1 Å². The summed E-state index contributed by atoms with van der Waals surface area (Å²) in [5.41, 5.74) is 2.09. The Hall–Kier alpha value is -3.56. The lowest BCUT2D eigenvalue weighted by atomic mass is 10.0. The second-order valence-electron chi connectivity index (χ2n) is 6.57. The molecule has 0 bridgehead atoms. The Balaban J connectivity index is 1.56. The van der Waals surface area contributed by atoms with E-state index in [4.69, 9.17) is 0 Å². The van der Waals surface area contributed by atoms with Crippen LogP contribution in [0.3, 0.4) is 0 Å². The Morgan fingerprint density at radius 1 is 0.346 bits per heavy atom. The zero-order chi connectivity index (χ0) is 17.3. The van der Waals surface area contributed by atoms with Gasteiger partial charge < -0.3 is 0 Å². The molecule has 0 saturated carbocycles. The Morgan fingerprint density at radius 2 is 0.769 bits per heavy atom. The first-order chi connectivity index (χ1) is 12.8. The van der Waals surface area contributed by atoms with Gasteiger partial charge in [-0.15, -0.1) is 0 Å². The van der Waals surface area contributed by atoms with Crippen molar-refractivity contribution in [1.82, 2.24) is 0 Å². The fraction of sp³-hybridized carbons (Fsp3) is 0. The van der Waals surface area contributed by atoms with E-state index >= 15 is 0 Å². The molecule has 0 N–H and O–H groups in total. The Labute approximate surface area is 152 Å². The van der Waals surface area contributed by atoms with Gasteiger partial charge in [0.05, 0.1) is 0 Å². The minimum absolute atomic E-state index is 1.04. The number of benzene rings is 5. The average Bonchev–Trinajstić information content (AvgIpc) is 2.70. The first-order valence-corrected chi connectivity index (χ1v) is 8.79. The predicted molar refractivity (Wildman–Crippen MR) is 111 cm³/mol. The topological polar surface area (TPSA) is 0 Å². The Kier molecular flexibility index (Phi) is 3.44. The summed E-state index contributed by atoms with van der Waals surface area (Å²) in [5.74, 6) is 6.62. The Bertz CT molecular complexity index is 1330. The molecule has 120 valence electrons. The second kappa shape index (κ2) is 6.06. The summed E-state index contributed by atoms with van der Waals surface area (Å²) < 4.78 is 0. The number of fused-ring (bicyclic) bond motifs is 3. The van der Waals surface area contributed by atoms with Crippen LogP contribution >= 0.6 is 0 Å². The van der Waals surface area contributed by atoms with Crippen molar-refractivity contribution in [3.05, 3.63) is 108 Å². The molecule has 0 nitrogen and oxygen atoms in total. The molecule has 0 aliphatic heterocycles. The maximum Gasteiger partial charge on any atom is 0.0255 e. The molecule has 0 heterocycles. The van der Waals surface area contributed by atoms with E-state index in [-0.39, 0.29) is 0 Å². The van der Waals surface area contributed by atoms with Crippen LogP contribution < -0.4 is 0 Å². The second-order valence-corrected chi connectivity index (χ2v) is 6.57. The molecule has 0 unspecified atom stereocenters. The van der Waals surface area contributed by atoms with Gasteiger partial charge in [-0.05, 0) is 68.7 Å². The molecule has 0 heteroatoms. The van der Waals surface area contributed by atoms with Crippen LogP contribution in [-0.4, -0.2) is 0 Å². The van der Waals surface area contributed by atoms with Crippen molar-refractivity contribution in [2.45, 2.75) is 0 Å². The molecular formula is C26H16. The van der Waals surface area contributed by atoms with Crippen LogP contribution in [0.2, 0.25) is 0 Å². The summed E-state index contributed by atoms with van der Waals surface area (Å²) in [4.78, 5) is 0. The third kappa shape index (κ3) is 2.70. The quantitative estimate of drug-likeness (QED) is 0.223. The van der Waals surface area contributed by atoms with Crippen LogP contribution in [-0.2, 0) is 0 Å². The van der Waals surface area contributed by atoms with Crippen molar-refractivity contribution in [1.29, 1.82) is 0 Å². The van der Waals surface area contributed by atoms with Crippen molar-refractivity contribution in [3.63, 3.8) is 0 Å². The van der Waals surface area contributed by atoms with Crippen LogP contribution in [0.25, 0.3) is 32.3 Å². The molecule has 26 heavy (non-hydrogen) atoms. The summed E-state index contributed by atoms with van der Waals surface area (Å²) >= 11 is 0. The van der Waals surface area contributed by atoms with Crippen molar-refractivity contribution in [2.75, 3.05) is 0 Å². The lowest BCUT2D eigenvalue weighted by molar-refractivity contribution is 1.68. The molecule has 0 saturated heterocycles. The van der Waals surface area contributed by atoms with Gasteiger partial charge >= 0.3 is 0 Å². The lowest BCUT2D eigenvalue weighted by Crippen LogP contribution is -1.80. The monoisotopic (exact) mass is 328 g/mol. The lowest BCUT2D eigenvalue weighted by Gasteiger charge is -2.03. The van der Waals surface area contributed by atoms with E-state index in [1.54, 1.807) is 0 Å². The van der Waals surface area contributed by atoms with Crippen molar-refractivity contribution in [3.8, 4) is 11.8 Å². The fourth-order valence-corrected chi connectivity index (χ4v) is 3.43. The largest absolute Gasteiger partial charge is 0.0616 e. The first kappa shape index (κ1) is 14.8. The highest BCUT2D eigenvalue weighted by atomic mass is 14.0. The van der Waals surface area contributed by atoms with Gasteiger partial charge in [-0.1, -0.05) is 72.5 Å². The van der Waals surface area contributed by atoms with Crippen molar-refractivity contribution < 1.29 is 0 Å². The minimum atomic E-state index is 1.04. The molecule has 0 aliphatic rings. The van der Waals surface area contributed by atoms with E-state index in [1.807, 2.05) is 0 Å². The van der Waals surface area contributed by atoms with Gasteiger partial charge in [-0.25, -0.2) is 0 Å². The summed E-state index contributed by atoms with van der Waals surface area (Å²) in [6, 6.07) is 34.1. The highest BCUT2D eigenvalue weighted by Crippen LogP contribution is 2.23. The van der Waals surface area contributed by atoms with Gasteiger partial charge in [0.15, 0.2) is 0 Å². The summed E-state index contributed by atoms with van der Waals surface area (Å²) in [6.07, 6.45) is 0. The first-order valence-electron chi connectivity index (χ1n) is 8.79. The van der Waals surface area contributed by atoms with Crippen molar-refractivity contribution in [2.24, 2.45) is 0 Å². The third-order valence-electron chi connectivity index (χ3n) is 4.81. The van der Waals surface area contributed by atoms with Gasteiger partial charge in [0.25, 0.3) is 0 Å². The van der Waals surface area contributed by atoms with Gasteiger partial charge in [-0.3, -0.25) is 0 Å². The Morgan fingerprint density at radius 3 is 1.42 bits per heavy atom. The molecule has 0 spiro atoms. The summed E-state index contributed by atoms with van der Waals surface area (Å²) in [6.45, 7) is 0. The van der Waals surface area contributed by atoms with E-state index in [1.165, 1.54) is 32.3 Å². The van der Waals surface area contributed by atoms with Crippen LogP contribution in [0.5, 0.6) is 0 Å². The SMILES string of the molecule is C(#Cc1ccc2cc3ccccc3cc2c1)c1ccc2ccccc2c1. The van der Waals surface area contributed by atoms with E-state index in [0.29, 0.717) is 0 Å². The number of rotatable bonds is 0. The molecule has 0 aromatic heterocycles. The maximum absolute atomic E-state index is 3.32.